The number of rotatable bonds is 4. The fourth-order valence-electron chi connectivity index (χ4n) is 9.07. The van der Waals surface area contributed by atoms with Gasteiger partial charge < -0.3 is 8.98 Å². The summed E-state index contributed by atoms with van der Waals surface area (Å²) in [5, 5.41) is 14.9. The number of fused-ring (bicyclic) bond motifs is 10. The minimum Gasteiger partial charge on any atom is -0.454 e. The molecule has 55 heavy (non-hydrogen) atoms. The summed E-state index contributed by atoms with van der Waals surface area (Å²) in [5.41, 5.74) is 14.0. The van der Waals surface area contributed by atoms with Crippen LogP contribution in [0.2, 0.25) is 0 Å². The van der Waals surface area contributed by atoms with E-state index in [1.54, 1.807) is 0 Å². The first-order valence-electron chi connectivity index (χ1n) is 18.6. The highest BCUT2D eigenvalue weighted by molar-refractivity contribution is 6.18. The molecule has 0 amide bonds. The van der Waals surface area contributed by atoms with Gasteiger partial charge in [0.25, 0.3) is 0 Å². The first-order chi connectivity index (χ1) is 27.0. The molecule has 10 aromatic rings. The highest BCUT2D eigenvalue weighted by Crippen LogP contribution is 2.53. The SMILES string of the molecule is CC1(C)c2ccccc2-c2ccc3c(c21)c1ccccc1n3-c1ccc(-c2nc(-c3ccccc3)c(C#N)c(-c3ccccc3)n2)c2c1oc1ccccc12. The van der Waals surface area contributed by atoms with E-state index in [2.05, 4.69) is 103 Å². The third-order valence-corrected chi connectivity index (χ3v) is 11.5. The van der Waals surface area contributed by atoms with E-state index in [9.17, 15) is 5.26 Å². The van der Waals surface area contributed by atoms with Crippen molar-refractivity contribution in [3.05, 3.63) is 174 Å². The molecule has 0 saturated heterocycles. The molecular formula is C50H32N4O. The van der Waals surface area contributed by atoms with E-state index in [0.717, 1.165) is 55.3 Å². The van der Waals surface area contributed by atoms with Crippen LogP contribution in [0.5, 0.6) is 0 Å². The zero-order valence-electron chi connectivity index (χ0n) is 30.2. The summed E-state index contributed by atoms with van der Waals surface area (Å²) in [6.45, 7) is 4.70. The zero-order chi connectivity index (χ0) is 36.8. The second-order valence-corrected chi connectivity index (χ2v) is 14.8. The number of furan rings is 1. The van der Waals surface area contributed by atoms with Crippen LogP contribution in [-0.2, 0) is 5.41 Å². The van der Waals surface area contributed by atoms with Crippen molar-refractivity contribution in [1.82, 2.24) is 14.5 Å². The molecule has 0 spiro atoms. The molecular weight excluding hydrogens is 673 g/mol. The first kappa shape index (κ1) is 31.3. The second-order valence-electron chi connectivity index (χ2n) is 14.8. The number of nitrogens with zero attached hydrogens (tertiary/aromatic N) is 4. The standard InChI is InChI=1S/C50H32N4O/c1-50(2)38-22-12-9-19-32(38)33-25-27-40-44(45(33)50)34-20-10-13-23-39(34)54(40)41-28-26-36(43-35-21-11-14-24-42(35)55-48(41)43)49-52-46(30-15-5-3-6-16-30)37(29-51)47(53-49)31-17-7-4-8-18-31/h3-28H,1-2H3. The zero-order valence-corrected chi connectivity index (χ0v) is 30.2. The van der Waals surface area contributed by atoms with Gasteiger partial charge in [0.1, 0.15) is 17.2 Å². The number of para-hydroxylation sites is 2. The van der Waals surface area contributed by atoms with Crippen molar-refractivity contribution in [2.45, 2.75) is 19.3 Å². The van der Waals surface area contributed by atoms with E-state index in [0.29, 0.717) is 22.8 Å². The van der Waals surface area contributed by atoms with Crippen LogP contribution in [0, 0.1) is 11.3 Å². The largest absolute Gasteiger partial charge is 0.454 e. The normalized spacial score (nSPS) is 13.0. The monoisotopic (exact) mass is 704 g/mol. The number of benzene rings is 7. The number of hydrogen-bond acceptors (Lipinski definition) is 4. The molecule has 0 unspecified atom stereocenters. The average molecular weight is 705 g/mol. The minimum absolute atomic E-state index is 0.182. The Hall–Kier alpha value is -7.29. The number of nitriles is 1. The Morgan fingerprint density at radius 2 is 1.18 bits per heavy atom. The van der Waals surface area contributed by atoms with Crippen LogP contribution in [0.3, 0.4) is 0 Å². The van der Waals surface area contributed by atoms with Gasteiger partial charge in [0.2, 0.25) is 0 Å². The molecule has 1 aliphatic rings. The molecule has 3 aromatic heterocycles. The Morgan fingerprint density at radius 1 is 0.564 bits per heavy atom. The molecule has 0 saturated carbocycles. The van der Waals surface area contributed by atoms with Crippen molar-refractivity contribution in [3.63, 3.8) is 0 Å². The second kappa shape index (κ2) is 11.6. The molecule has 0 radical (unpaired) electrons. The Morgan fingerprint density at radius 3 is 1.91 bits per heavy atom. The van der Waals surface area contributed by atoms with E-state index in [4.69, 9.17) is 14.4 Å². The summed E-state index contributed by atoms with van der Waals surface area (Å²) in [4.78, 5) is 10.4. The van der Waals surface area contributed by atoms with Gasteiger partial charge >= 0.3 is 0 Å². The maximum absolute atomic E-state index is 10.6. The van der Waals surface area contributed by atoms with E-state index in [-0.39, 0.29) is 5.41 Å². The van der Waals surface area contributed by atoms with Gasteiger partial charge in [-0.3, -0.25) is 0 Å². The lowest BCUT2D eigenvalue weighted by Gasteiger charge is -2.22. The number of hydrogen-bond donors (Lipinski definition) is 0. The molecule has 3 heterocycles. The lowest BCUT2D eigenvalue weighted by Crippen LogP contribution is -2.15. The van der Waals surface area contributed by atoms with Gasteiger partial charge in [0.15, 0.2) is 11.4 Å². The highest BCUT2D eigenvalue weighted by Gasteiger charge is 2.38. The lowest BCUT2D eigenvalue weighted by atomic mass is 9.80. The maximum Gasteiger partial charge on any atom is 0.161 e. The van der Waals surface area contributed by atoms with Crippen LogP contribution < -0.4 is 0 Å². The van der Waals surface area contributed by atoms with Gasteiger partial charge in [-0.1, -0.05) is 141 Å². The summed E-state index contributed by atoms with van der Waals surface area (Å²) in [7, 11) is 0. The predicted octanol–water partition coefficient (Wildman–Crippen LogP) is 12.7. The van der Waals surface area contributed by atoms with Crippen molar-refractivity contribution in [2.75, 3.05) is 0 Å². The molecule has 0 atom stereocenters. The topological polar surface area (TPSA) is 67.6 Å². The Bertz CT molecular complexity index is 3180. The van der Waals surface area contributed by atoms with E-state index >= 15 is 0 Å². The van der Waals surface area contributed by atoms with Crippen LogP contribution in [0.15, 0.2) is 162 Å². The van der Waals surface area contributed by atoms with Crippen molar-refractivity contribution in [1.29, 1.82) is 5.26 Å². The Kier molecular flexibility index (Phi) is 6.59. The Labute approximate surface area is 317 Å². The summed E-state index contributed by atoms with van der Waals surface area (Å²) in [6, 6.07) is 56.8. The molecule has 1 aliphatic carbocycles. The predicted molar refractivity (Wildman–Crippen MR) is 222 cm³/mol. The van der Waals surface area contributed by atoms with Gasteiger partial charge in [-0.2, -0.15) is 5.26 Å². The van der Waals surface area contributed by atoms with Gasteiger partial charge in [0.05, 0.1) is 28.1 Å². The lowest BCUT2D eigenvalue weighted by molar-refractivity contribution is 0.666. The van der Waals surface area contributed by atoms with Crippen molar-refractivity contribution in [3.8, 4) is 56.8 Å². The van der Waals surface area contributed by atoms with Crippen LogP contribution in [0.25, 0.3) is 94.5 Å². The van der Waals surface area contributed by atoms with Crippen LogP contribution >= 0.6 is 0 Å². The van der Waals surface area contributed by atoms with Crippen LogP contribution in [0.4, 0.5) is 0 Å². The van der Waals surface area contributed by atoms with Gasteiger partial charge in [0, 0.05) is 43.7 Å². The van der Waals surface area contributed by atoms with Crippen LogP contribution in [0.1, 0.15) is 30.5 Å². The van der Waals surface area contributed by atoms with E-state index in [1.807, 2.05) is 78.9 Å². The number of aromatic nitrogens is 3. The van der Waals surface area contributed by atoms with Gasteiger partial charge in [-0.15, -0.1) is 0 Å². The van der Waals surface area contributed by atoms with Gasteiger partial charge in [-0.25, -0.2) is 9.97 Å². The molecule has 0 aliphatic heterocycles. The molecule has 7 aromatic carbocycles. The maximum atomic E-state index is 10.6. The van der Waals surface area contributed by atoms with Crippen LogP contribution in [-0.4, -0.2) is 14.5 Å². The summed E-state index contributed by atoms with van der Waals surface area (Å²) < 4.78 is 9.26. The molecule has 5 heteroatoms. The minimum atomic E-state index is -0.182. The molecule has 5 nitrogen and oxygen atoms in total. The van der Waals surface area contributed by atoms with Crippen molar-refractivity contribution >= 4 is 43.7 Å². The van der Waals surface area contributed by atoms with Crippen molar-refractivity contribution < 1.29 is 4.42 Å². The fourth-order valence-corrected chi connectivity index (χ4v) is 9.07. The van der Waals surface area contributed by atoms with Gasteiger partial charge in [-0.05, 0) is 52.6 Å². The third kappa shape index (κ3) is 4.40. The summed E-state index contributed by atoms with van der Waals surface area (Å²) in [5.74, 6) is 0.527. The summed E-state index contributed by atoms with van der Waals surface area (Å²) >= 11 is 0. The quantitative estimate of drug-likeness (QED) is 0.183. The first-order valence-corrected chi connectivity index (χ1v) is 18.6. The van der Waals surface area contributed by atoms with E-state index in [1.165, 1.54) is 33.0 Å². The third-order valence-electron chi connectivity index (χ3n) is 11.5. The Balaban J connectivity index is 1.23. The average Bonchev–Trinajstić information content (AvgIpc) is 3.87. The highest BCUT2D eigenvalue weighted by atomic mass is 16.3. The molecule has 0 N–H and O–H groups in total. The molecule has 258 valence electrons. The molecule has 0 fully saturated rings. The molecule has 11 rings (SSSR count). The summed E-state index contributed by atoms with van der Waals surface area (Å²) in [6.07, 6.45) is 0. The van der Waals surface area contributed by atoms with Crippen molar-refractivity contribution in [2.24, 2.45) is 0 Å². The smallest absolute Gasteiger partial charge is 0.161 e. The van der Waals surface area contributed by atoms with E-state index < -0.39 is 0 Å². The molecule has 0 bridgehead atoms. The fraction of sp³-hybridized carbons (Fsp3) is 0.0600.